The highest BCUT2D eigenvalue weighted by molar-refractivity contribution is 7.90. The Kier molecular flexibility index (Phi) is 8.20. The first-order valence-corrected chi connectivity index (χ1v) is 15.6. The summed E-state index contributed by atoms with van der Waals surface area (Å²) in [6.45, 7) is 0.381. The molecule has 13 nitrogen and oxygen atoms in total. The number of nitrogens with two attached hydrogens (primary N) is 1. The van der Waals surface area contributed by atoms with Crippen molar-refractivity contribution in [3.05, 3.63) is 118 Å². The van der Waals surface area contributed by atoms with Crippen molar-refractivity contribution >= 4 is 38.4 Å². The van der Waals surface area contributed by atoms with Gasteiger partial charge in [-0.05, 0) is 42.6 Å². The summed E-state index contributed by atoms with van der Waals surface area (Å²) in [5.74, 6) is 4.58. The minimum Gasteiger partial charge on any atom is -0.344 e. The lowest BCUT2D eigenvalue weighted by Crippen LogP contribution is -2.33. The summed E-state index contributed by atoms with van der Waals surface area (Å²) in [7, 11) is -4.31. The molecule has 6 aromatic rings. The molecule has 244 valence electrons. The number of hydrogen-bond donors (Lipinski definition) is 3. The Balaban J connectivity index is 1.43. The van der Waals surface area contributed by atoms with Crippen molar-refractivity contribution in [2.24, 2.45) is 5.14 Å². The maximum absolute atomic E-state index is 14.3. The molecule has 48 heavy (non-hydrogen) atoms. The highest BCUT2D eigenvalue weighted by atomic mass is 32.2. The van der Waals surface area contributed by atoms with E-state index in [2.05, 4.69) is 32.3 Å². The molecule has 1 amide bonds. The van der Waals surface area contributed by atoms with Gasteiger partial charge in [0.15, 0.2) is 11.5 Å². The lowest BCUT2D eigenvalue weighted by atomic mass is 10.0. The summed E-state index contributed by atoms with van der Waals surface area (Å²) in [6, 6.07) is 16.1. The van der Waals surface area contributed by atoms with Crippen molar-refractivity contribution in [3.63, 3.8) is 0 Å². The Hall–Kier alpha value is -5.99. The minimum atomic E-state index is -4.45. The number of benzene rings is 2. The fourth-order valence-electron chi connectivity index (χ4n) is 5.13. The van der Waals surface area contributed by atoms with E-state index >= 15 is 0 Å². The highest BCUT2D eigenvalue weighted by Gasteiger charge is 2.28. The number of carbonyl (C=O) groups is 1. The SMILES string of the molecule is C[C@@H](NC(=O)c1c(NS(N)(=O)=O)nn2cccnc12)c1cc2cccc(C#Cc3cnn(CC(F)(F)F)c3)c2c(=O)n1-c1ccccc1. The summed E-state index contributed by atoms with van der Waals surface area (Å²) >= 11 is 0. The number of fused-ring (bicyclic) bond motifs is 2. The maximum atomic E-state index is 14.3. The number of aromatic nitrogens is 6. The fourth-order valence-corrected chi connectivity index (χ4v) is 5.54. The van der Waals surface area contributed by atoms with Gasteiger partial charge in [0.05, 0.1) is 23.2 Å². The molecular formula is C31H24F3N9O4S. The van der Waals surface area contributed by atoms with Gasteiger partial charge in [-0.15, -0.1) is 5.10 Å². The van der Waals surface area contributed by atoms with Crippen molar-refractivity contribution in [2.45, 2.75) is 25.7 Å². The van der Waals surface area contributed by atoms with Crippen molar-refractivity contribution in [1.29, 1.82) is 0 Å². The monoisotopic (exact) mass is 675 g/mol. The number of pyridine rings is 1. The van der Waals surface area contributed by atoms with Gasteiger partial charge in [-0.25, -0.2) is 14.6 Å². The second-order valence-electron chi connectivity index (χ2n) is 10.6. The standard InChI is InChI=1S/C31H24F3N9O4S/c1-19(38-29(44)26-27(40-48(35,46)47)39-42-14-6-13-36-28(26)42)24-15-22-8-5-7-21(12-11-20-16-37-41(17-20)18-31(32,33)34)25(22)30(45)43(24)23-9-3-2-4-10-23/h2-10,13-17,19H,18H2,1H3,(H,38,44)(H,39,40)(H2,35,46,47)/t19-/m1/s1. The lowest BCUT2D eigenvalue weighted by Gasteiger charge is -2.21. The first-order valence-electron chi connectivity index (χ1n) is 14.1. The largest absolute Gasteiger partial charge is 0.408 e. The van der Waals surface area contributed by atoms with Gasteiger partial charge in [-0.2, -0.15) is 26.7 Å². The van der Waals surface area contributed by atoms with E-state index in [0.717, 1.165) is 4.68 Å². The third-order valence-corrected chi connectivity index (χ3v) is 7.54. The van der Waals surface area contributed by atoms with E-state index in [1.165, 1.54) is 39.9 Å². The molecule has 1 atom stereocenters. The number of alkyl halides is 3. The van der Waals surface area contributed by atoms with E-state index in [-0.39, 0.29) is 28.0 Å². The number of halogens is 3. The predicted octanol–water partition coefficient (Wildman–Crippen LogP) is 3.30. The van der Waals surface area contributed by atoms with Crippen LogP contribution in [0.4, 0.5) is 19.0 Å². The van der Waals surface area contributed by atoms with Gasteiger partial charge in [-0.3, -0.25) is 23.6 Å². The maximum Gasteiger partial charge on any atom is 0.408 e. The second-order valence-corrected chi connectivity index (χ2v) is 11.9. The van der Waals surface area contributed by atoms with Crippen LogP contribution in [-0.4, -0.2) is 49.4 Å². The molecule has 0 aliphatic rings. The number of amides is 1. The quantitative estimate of drug-likeness (QED) is 0.218. The fraction of sp³-hybridized carbons (Fsp3) is 0.129. The van der Waals surface area contributed by atoms with E-state index in [9.17, 15) is 31.2 Å². The van der Waals surface area contributed by atoms with Crippen molar-refractivity contribution < 1.29 is 26.4 Å². The molecule has 4 aromatic heterocycles. The average Bonchev–Trinajstić information content (AvgIpc) is 3.61. The molecule has 2 aromatic carbocycles. The average molecular weight is 676 g/mol. The third-order valence-electron chi connectivity index (χ3n) is 7.06. The number of para-hydroxylation sites is 1. The summed E-state index contributed by atoms with van der Waals surface area (Å²) in [6.07, 6.45) is 0.806. The second kappa shape index (κ2) is 12.3. The molecule has 4 N–H and O–H groups in total. The van der Waals surface area contributed by atoms with Crippen LogP contribution < -0.4 is 20.7 Å². The van der Waals surface area contributed by atoms with Gasteiger partial charge in [0.2, 0.25) is 0 Å². The molecule has 4 heterocycles. The number of rotatable bonds is 7. The third kappa shape index (κ3) is 6.74. The number of hydrogen-bond acceptors (Lipinski definition) is 7. The smallest absolute Gasteiger partial charge is 0.344 e. The molecular weight excluding hydrogens is 651 g/mol. The Morgan fingerprint density at radius 1 is 1.08 bits per heavy atom. The van der Waals surface area contributed by atoms with Gasteiger partial charge in [0.25, 0.3) is 21.7 Å². The van der Waals surface area contributed by atoms with Crippen LogP contribution >= 0.6 is 0 Å². The van der Waals surface area contributed by atoms with E-state index in [1.54, 1.807) is 61.5 Å². The zero-order chi connectivity index (χ0) is 34.2. The molecule has 0 fully saturated rings. The molecule has 0 radical (unpaired) electrons. The number of nitrogens with one attached hydrogen (secondary N) is 2. The predicted molar refractivity (Wildman–Crippen MR) is 169 cm³/mol. The summed E-state index contributed by atoms with van der Waals surface area (Å²) in [5, 5.41) is 16.5. The van der Waals surface area contributed by atoms with Crippen LogP contribution in [0.5, 0.6) is 0 Å². The molecule has 17 heteroatoms. The molecule has 0 aliphatic heterocycles. The first-order chi connectivity index (χ1) is 22.8. The molecule has 0 aliphatic carbocycles. The van der Waals surface area contributed by atoms with E-state index in [0.29, 0.717) is 22.3 Å². The van der Waals surface area contributed by atoms with Crippen LogP contribution in [0, 0.1) is 11.8 Å². The molecule has 0 saturated heterocycles. The van der Waals surface area contributed by atoms with Gasteiger partial charge in [0, 0.05) is 35.5 Å². The molecule has 0 spiro atoms. The molecule has 0 bridgehead atoms. The Morgan fingerprint density at radius 2 is 1.85 bits per heavy atom. The number of carbonyl (C=O) groups excluding carboxylic acids is 1. The van der Waals surface area contributed by atoms with Crippen LogP contribution in [-0.2, 0) is 16.8 Å². The van der Waals surface area contributed by atoms with Crippen LogP contribution in [0.2, 0.25) is 0 Å². The van der Waals surface area contributed by atoms with Crippen LogP contribution in [0.1, 0.15) is 40.1 Å². The number of anilines is 1. The summed E-state index contributed by atoms with van der Waals surface area (Å²) < 4.78 is 67.4. The first kappa shape index (κ1) is 32.0. The zero-order valence-corrected chi connectivity index (χ0v) is 25.6. The molecule has 0 unspecified atom stereocenters. The van der Waals surface area contributed by atoms with Crippen molar-refractivity contribution in [3.8, 4) is 17.5 Å². The topological polar surface area (TPSA) is 171 Å². The van der Waals surface area contributed by atoms with Gasteiger partial charge in [-0.1, -0.05) is 42.2 Å². The van der Waals surface area contributed by atoms with E-state index < -0.39 is 40.4 Å². The Morgan fingerprint density at radius 3 is 2.58 bits per heavy atom. The van der Waals surface area contributed by atoms with E-state index in [1.807, 2.05) is 4.72 Å². The lowest BCUT2D eigenvalue weighted by molar-refractivity contribution is -0.142. The molecule has 0 saturated carbocycles. The normalized spacial score (nSPS) is 12.4. The van der Waals surface area contributed by atoms with Crippen molar-refractivity contribution in [1.82, 2.24) is 34.3 Å². The molecule has 6 rings (SSSR count). The minimum absolute atomic E-state index is 0.0551. The van der Waals surface area contributed by atoms with Gasteiger partial charge >= 0.3 is 6.18 Å². The summed E-state index contributed by atoms with van der Waals surface area (Å²) in [4.78, 5) is 32.1. The van der Waals surface area contributed by atoms with Crippen LogP contribution in [0.15, 0.2) is 90.2 Å². The van der Waals surface area contributed by atoms with Crippen LogP contribution in [0.3, 0.4) is 0 Å². The van der Waals surface area contributed by atoms with E-state index in [4.69, 9.17) is 5.14 Å². The van der Waals surface area contributed by atoms with Gasteiger partial charge in [0.1, 0.15) is 12.1 Å². The highest BCUT2D eigenvalue weighted by Crippen LogP contribution is 2.25. The number of nitrogens with zero attached hydrogens (tertiary/aromatic N) is 6. The Labute approximate surface area is 270 Å². The van der Waals surface area contributed by atoms with Gasteiger partial charge < -0.3 is 5.32 Å². The van der Waals surface area contributed by atoms with Crippen LogP contribution in [0.25, 0.3) is 22.1 Å². The summed E-state index contributed by atoms with van der Waals surface area (Å²) in [5.41, 5.74) is 0.793. The zero-order valence-electron chi connectivity index (χ0n) is 24.8. The van der Waals surface area contributed by atoms with Crippen molar-refractivity contribution in [2.75, 3.05) is 4.72 Å². The Bertz CT molecular complexity index is 2430.